The summed E-state index contributed by atoms with van der Waals surface area (Å²) >= 11 is 0. The molecule has 0 N–H and O–H groups in total. The quantitative estimate of drug-likeness (QED) is 0.712. The lowest BCUT2D eigenvalue weighted by molar-refractivity contribution is -0.149. The second-order valence-electron chi connectivity index (χ2n) is 7.22. The van der Waals surface area contributed by atoms with Crippen LogP contribution in [-0.4, -0.2) is 35.6 Å². The highest BCUT2D eigenvalue weighted by molar-refractivity contribution is 5.89. The second-order valence-corrected chi connectivity index (χ2v) is 7.22. The Bertz CT molecular complexity index is 816. The Kier molecular flexibility index (Phi) is 5.60. The number of para-hydroxylation sites is 1. The molecule has 2 aromatic carbocycles. The van der Waals surface area contributed by atoms with Gasteiger partial charge in [-0.1, -0.05) is 61.4 Å². The molecule has 1 aliphatic carbocycles. The molecule has 1 heterocycles. The fourth-order valence-electron chi connectivity index (χ4n) is 4.12. The Morgan fingerprint density at radius 2 is 1.71 bits per heavy atom. The topological polar surface area (TPSA) is 51.1 Å². The summed E-state index contributed by atoms with van der Waals surface area (Å²) in [4.78, 5) is 19.8. The molecule has 1 saturated heterocycles. The molecule has 1 saturated carbocycles. The van der Waals surface area contributed by atoms with Crippen LogP contribution in [0, 0.1) is 0 Å². The molecule has 2 aliphatic rings. The molecule has 5 heteroatoms. The summed E-state index contributed by atoms with van der Waals surface area (Å²) < 4.78 is 11.8. The molecule has 0 radical (unpaired) electrons. The van der Waals surface area contributed by atoms with E-state index in [9.17, 15) is 4.79 Å². The van der Waals surface area contributed by atoms with Gasteiger partial charge in [-0.2, -0.15) is 4.99 Å². The van der Waals surface area contributed by atoms with E-state index in [1.807, 2.05) is 67.6 Å². The summed E-state index contributed by atoms with van der Waals surface area (Å²) in [5, 5.41) is 0. The van der Waals surface area contributed by atoms with Gasteiger partial charge in [0.15, 0.2) is 12.1 Å². The van der Waals surface area contributed by atoms with Crippen LogP contribution in [0.25, 0.3) is 0 Å². The number of esters is 1. The van der Waals surface area contributed by atoms with Crippen LogP contribution in [0.4, 0.5) is 5.69 Å². The molecule has 2 aromatic rings. The third kappa shape index (κ3) is 3.75. The van der Waals surface area contributed by atoms with Gasteiger partial charge in [0.2, 0.25) is 0 Å². The van der Waals surface area contributed by atoms with Gasteiger partial charge in [-0.15, -0.1) is 0 Å². The molecule has 5 nitrogen and oxygen atoms in total. The van der Waals surface area contributed by atoms with Gasteiger partial charge in [-0.25, -0.2) is 4.79 Å². The minimum atomic E-state index is -0.520. The van der Waals surface area contributed by atoms with Crippen LogP contribution in [0.15, 0.2) is 65.7 Å². The summed E-state index contributed by atoms with van der Waals surface area (Å²) in [5.74, 6) is -0.249. The van der Waals surface area contributed by atoms with E-state index in [0.717, 1.165) is 36.9 Å². The molecule has 146 valence electrons. The van der Waals surface area contributed by atoms with Crippen molar-refractivity contribution in [1.29, 1.82) is 0 Å². The largest absolute Gasteiger partial charge is 0.464 e. The molecule has 2 atom stereocenters. The van der Waals surface area contributed by atoms with Crippen LogP contribution in [0.2, 0.25) is 0 Å². The van der Waals surface area contributed by atoms with Gasteiger partial charge in [-0.3, -0.25) is 0 Å². The van der Waals surface area contributed by atoms with Crippen molar-refractivity contribution in [3.8, 4) is 0 Å². The standard InChI is InChI=1S/C23H26N2O3/c1-2-27-22(26)20-21(17-11-5-3-6-12-17)28-23(24-18-13-7-4-8-14-18)25(20)19-15-9-10-16-19/h3-8,11-14,19-21H,2,9-10,15-16H2,1H3/t20-,21+/m1/s1. The summed E-state index contributed by atoms with van der Waals surface area (Å²) in [5.41, 5.74) is 1.78. The van der Waals surface area contributed by atoms with Gasteiger partial charge in [0, 0.05) is 6.04 Å². The number of hydrogen-bond acceptors (Lipinski definition) is 4. The Morgan fingerprint density at radius 3 is 2.36 bits per heavy atom. The average Bonchev–Trinajstić information content (AvgIpc) is 3.37. The highest BCUT2D eigenvalue weighted by atomic mass is 16.6. The van der Waals surface area contributed by atoms with E-state index in [4.69, 9.17) is 14.5 Å². The Morgan fingerprint density at radius 1 is 1.07 bits per heavy atom. The molecule has 0 bridgehead atoms. The summed E-state index contributed by atoms with van der Waals surface area (Å²) in [6, 6.07) is 19.9. The zero-order chi connectivity index (χ0) is 19.3. The van der Waals surface area contributed by atoms with Crippen LogP contribution in [0.5, 0.6) is 0 Å². The van der Waals surface area contributed by atoms with Crippen molar-refractivity contribution in [3.63, 3.8) is 0 Å². The molecular formula is C23H26N2O3. The number of carbonyl (C=O) groups is 1. The SMILES string of the molecule is CCOC(=O)[C@H]1[C@H](c2ccccc2)OC(=Nc2ccccc2)N1C1CCCC1. The number of ether oxygens (including phenoxy) is 2. The van der Waals surface area contributed by atoms with E-state index in [-0.39, 0.29) is 12.0 Å². The summed E-state index contributed by atoms with van der Waals surface area (Å²) in [7, 11) is 0. The molecular weight excluding hydrogens is 352 g/mol. The van der Waals surface area contributed by atoms with Crippen molar-refractivity contribution in [2.45, 2.75) is 50.8 Å². The monoisotopic (exact) mass is 378 g/mol. The normalized spacial score (nSPS) is 23.8. The van der Waals surface area contributed by atoms with Gasteiger partial charge < -0.3 is 14.4 Å². The van der Waals surface area contributed by atoms with Gasteiger partial charge in [0.1, 0.15) is 0 Å². The molecule has 2 fully saturated rings. The first-order valence-corrected chi connectivity index (χ1v) is 10.1. The van der Waals surface area contributed by atoms with E-state index in [0.29, 0.717) is 12.6 Å². The lowest BCUT2D eigenvalue weighted by Crippen LogP contribution is -2.46. The van der Waals surface area contributed by atoms with Crippen molar-refractivity contribution in [3.05, 3.63) is 66.2 Å². The number of benzene rings is 2. The van der Waals surface area contributed by atoms with E-state index in [1.54, 1.807) is 0 Å². The fraction of sp³-hybridized carbons (Fsp3) is 0.391. The number of carbonyl (C=O) groups excluding carboxylic acids is 1. The highest BCUT2D eigenvalue weighted by Gasteiger charge is 2.49. The van der Waals surface area contributed by atoms with Crippen molar-refractivity contribution >= 4 is 17.7 Å². The predicted octanol–water partition coefficient (Wildman–Crippen LogP) is 4.62. The van der Waals surface area contributed by atoms with Crippen LogP contribution in [-0.2, 0) is 14.3 Å². The minimum absolute atomic E-state index is 0.241. The average molecular weight is 378 g/mol. The molecule has 1 aliphatic heterocycles. The Labute approximate surface area is 166 Å². The number of amidine groups is 1. The minimum Gasteiger partial charge on any atom is -0.464 e. The zero-order valence-electron chi connectivity index (χ0n) is 16.2. The van der Waals surface area contributed by atoms with Crippen LogP contribution >= 0.6 is 0 Å². The first-order valence-electron chi connectivity index (χ1n) is 10.1. The summed E-state index contributed by atoms with van der Waals surface area (Å²) in [6.07, 6.45) is 3.96. The number of hydrogen-bond donors (Lipinski definition) is 0. The van der Waals surface area contributed by atoms with Crippen molar-refractivity contribution < 1.29 is 14.3 Å². The van der Waals surface area contributed by atoms with Crippen molar-refractivity contribution in [2.75, 3.05) is 6.61 Å². The predicted molar refractivity (Wildman–Crippen MR) is 108 cm³/mol. The third-order valence-electron chi connectivity index (χ3n) is 5.39. The van der Waals surface area contributed by atoms with Crippen LogP contribution in [0.1, 0.15) is 44.3 Å². The highest BCUT2D eigenvalue weighted by Crippen LogP contribution is 2.39. The smallest absolute Gasteiger partial charge is 0.333 e. The number of rotatable bonds is 5. The van der Waals surface area contributed by atoms with E-state index < -0.39 is 12.1 Å². The second kappa shape index (κ2) is 8.46. The number of nitrogens with zero attached hydrogens (tertiary/aromatic N) is 2. The van der Waals surface area contributed by atoms with Crippen molar-refractivity contribution in [2.24, 2.45) is 4.99 Å². The van der Waals surface area contributed by atoms with Crippen LogP contribution < -0.4 is 0 Å². The lowest BCUT2D eigenvalue weighted by atomic mass is 10.0. The number of aliphatic imine (C=N–C) groups is 1. The van der Waals surface area contributed by atoms with Gasteiger partial charge >= 0.3 is 5.97 Å². The van der Waals surface area contributed by atoms with E-state index in [1.165, 1.54) is 0 Å². The van der Waals surface area contributed by atoms with Gasteiger partial charge in [0.25, 0.3) is 6.02 Å². The molecule has 0 spiro atoms. The Balaban J connectivity index is 1.76. The Hall–Kier alpha value is -2.82. The molecule has 28 heavy (non-hydrogen) atoms. The maximum atomic E-state index is 13.0. The van der Waals surface area contributed by atoms with E-state index >= 15 is 0 Å². The first kappa shape index (κ1) is 18.5. The van der Waals surface area contributed by atoms with Crippen LogP contribution in [0.3, 0.4) is 0 Å². The summed E-state index contributed by atoms with van der Waals surface area (Å²) in [6.45, 7) is 2.19. The molecule has 4 rings (SSSR count). The van der Waals surface area contributed by atoms with Gasteiger partial charge in [-0.05, 0) is 37.5 Å². The van der Waals surface area contributed by atoms with E-state index in [2.05, 4.69) is 4.90 Å². The maximum Gasteiger partial charge on any atom is 0.333 e. The van der Waals surface area contributed by atoms with Gasteiger partial charge in [0.05, 0.1) is 12.3 Å². The zero-order valence-corrected chi connectivity index (χ0v) is 16.2. The molecule has 0 amide bonds. The molecule has 0 aromatic heterocycles. The lowest BCUT2D eigenvalue weighted by Gasteiger charge is -2.29. The van der Waals surface area contributed by atoms with Crippen molar-refractivity contribution in [1.82, 2.24) is 4.90 Å². The first-order chi connectivity index (χ1) is 13.8. The fourth-order valence-corrected chi connectivity index (χ4v) is 4.12. The molecule has 0 unspecified atom stereocenters. The maximum absolute atomic E-state index is 13.0. The third-order valence-corrected chi connectivity index (χ3v) is 5.39.